The van der Waals surface area contributed by atoms with E-state index in [0.717, 1.165) is 44.9 Å². The topological polar surface area (TPSA) is 57.2 Å². The van der Waals surface area contributed by atoms with E-state index in [1.54, 1.807) is 7.11 Å². The van der Waals surface area contributed by atoms with E-state index in [0.29, 0.717) is 18.3 Å². The highest BCUT2D eigenvalue weighted by molar-refractivity contribution is 4.91. The van der Waals surface area contributed by atoms with Crippen LogP contribution in [-0.2, 0) is 18.9 Å². The molecule has 0 spiro atoms. The summed E-state index contributed by atoms with van der Waals surface area (Å²) in [6, 6.07) is 0. The van der Waals surface area contributed by atoms with Gasteiger partial charge in [0, 0.05) is 32.8 Å². The maximum Gasteiger partial charge on any atom is 0.283 e. The third kappa shape index (κ3) is 2.95. The van der Waals surface area contributed by atoms with Crippen molar-refractivity contribution in [1.29, 1.82) is 0 Å². The molecular weight excluding hydrogens is 248 g/mol. The first-order chi connectivity index (χ1) is 9.23. The molecule has 3 heterocycles. The van der Waals surface area contributed by atoms with E-state index in [9.17, 15) is 0 Å². The van der Waals surface area contributed by atoms with Gasteiger partial charge >= 0.3 is 0 Å². The molecule has 1 N–H and O–H groups in total. The first kappa shape index (κ1) is 13.8. The molecule has 0 aromatic carbocycles. The summed E-state index contributed by atoms with van der Waals surface area (Å²) in [4.78, 5) is 0. The predicted molar refractivity (Wildman–Crippen MR) is 67.6 cm³/mol. The van der Waals surface area contributed by atoms with Gasteiger partial charge in [0.2, 0.25) is 0 Å². The van der Waals surface area contributed by atoms with Crippen molar-refractivity contribution in [2.24, 2.45) is 0 Å². The fraction of sp³-hybridized carbons (Fsp3) is 1.00. The number of ether oxygens (including phenoxy) is 4. The third-order valence-corrected chi connectivity index (χ3v) is 4.41. The first-order valence-electron chi connectivity index (χ1n) is 7.40. The van der Waals surface area contributed by atoms with Crippen LogP contribution < -0.4 is 0 Å². The Kier molecular flexibility index (Phi) is 4.10. The van der Waals surface area contributed by atoms with Gasteiger partial charge < -0.3 is 24.1 Å². The molecule has 1 unspecified atom stereocenters. The summed E-state index contributed by atoms with van der Waals surface area (Å²) < 4.78 is 23.0. The molecule has 0 aromatic heterocycles. The number of hydrogen-bond donors (Lipinski definition) is 1. The fourth-order valence-electron chi connectivity index (χ4n) is 3.48. The van der Waals surface area contributed by atoms with Crippen LogP contribution in [0.4, 0.5) is 0 Å². The lowest BCUT2D eigenvalue weighted by Crippen LogP contribution is -2.62. The average molecular weight is 272 g/mol. The number of methoxy groups -OCH3 is 1. The molecule has 110 valence electrons. The van der Waals surface area contributed by atoms with Crippen LogP contribution >= 0.6 is 0 Å². The second-order valence-corrected chi connectivity index (χ2v) is 5.90. The molecule has 1 aliphatic carbocycles. The van der Waals surface area contributed by atoms with Gasteiger partial charge in [-0.15, -0.1) is 0 Å². The largest absolute Gasteiger partial charge is 0.394 e. The van der Waals surface area contributed by atoms with Crippen LogP contribution in [0.1, 0.15) is 44.9 Å². The molecule has 4 rings (SSSR count). The lowest BCUT2D eigenvalue weighted by Gasteiger charge is -2.55. The van der Waals surface area contributed by atoms with E-state index in [2.05, 4.69) is 0 Å². The zero-order valence-corrected chi connectivity index (χ0v) is 11.5. The van der Waals surface area contributed by atoms with Gasteiger partial charge in [-0.2, -0.15) is 0 Å². The van der Waals surface area contributed by atoms with Crippen LogP contribution in [0.2, 0.25) is 0 Å². The summed E-state index contributed by atoms with van der Waals surface area (Å²) in [6.07, 6.45) is 7.59. The van der Waals surface area contributed by atoms with Crippen LogP contribution in [0.15, 0.2) is 0 Å². The van der Waals surface area contributed by atoms with Crippen molar-refractivity contribution >= 4 is 0 Å². The molecule has 4 aliphatic rings. The minimum atomic E-state index is -0.767. The number of aliphatic hydroxyl groups is 1. The number of hydrogen-bond acceptors (Lipinski definition) is 5. The average Bonchev–Trinajstić information content (AvgIpc) is 2.37. The minimum Gasteiger partial charge on any atom is -0.394 e. The highest BCUT2D eigenvalue weighted by Crippen LogP contribution is 2.46. The van der Waals surface area contributed by atoms with Gasteiger partial charge in [-0.1, -0.05) is 6.42 Å². The van der Waals surface area contributed by atoms with E-state index < -0.39 is 5.97 Å². The summed E-state index contributed by atoms with van der Waals surface area (Å²) in [6.45, 7) is 0.0807. The Labute approximate surface area is 114 Å². The van der Waals surface area contributed by atoms with E-state index in [1.807, 2.05) is 0 Å². The second kappa shape index (κ2) is 5.66. The zero-order valence-electron chi connectivity index (χ0n) is 11.5. The van der Waals surface area contributed by atoms with Crippen LogP contribution in [0, 0.1) is 0 Å². The Balaban J connectivity index is 1.45. The van der Waals surface area contributed by atoms with Crippen LogP contribution in [-0.4, -0.2) is 49.2 Å². The zero-order chi connectivity index (χ0) is 13.3. The molecular formula is C14H24O5. The lowest BCUT2D eigenvalue weighted by atomic mass is 9.88. The second-order valence-electron chi connectivity index (χ2n) is 5.90. The molecule has 4 bridgehead atoms. The van der Waals surface area contributed by atoms with Gasteiger partial charge in [0.25, 0.3) is 5.97 Å². The van der Waals surface area contributed by atoms with Gasteiger partial charge in [0.15, 0.2) is 0 Å². The molecule has 1 saturated carbocycles. The monoisotopic (exact) mass is 272 g/mol. The van der Waals surface area contributed by atoms with Crippen molar-refractivity contribution < 1.29 is 24.1 Å². The van der Waals surface area contributed by atoms with Crippen LogP contribution in [0.25, 0.3) is 0 Å². The number of unbranched alkanes of at least 4 members (excludes halogenated alkanes) is 1. The molecule has 19 heavy (non-hydrogen) atoms. The predicted octanol–water partition coefficient (Wildman–Crippen LogP) is 1.57. The van der Waals surface area contributed by atoms with E-state index in [-0.39, 0.29) is 12.7 Å². The van der Waals surface area contributed by atoms with Crippen molar-refractivity contribution in [3.63, 3.8) is 0 Å². The maximum atomic E-state index is 9.06. The summed E-state index contributed by atoms with van der Waals surface area (Å²) in [7, 11) is 1.63. The van der Waals surface area contributed by atoms with Crippen molar-refractivity contribution in [2.75, 3.05) is 13.7 Å². The Morgan fingerprint density at radius 2 is 1.68 bits per heavy atom. The Bertz CT molecular complexity index is 267. The van der Waals surface area contributed by atoms with Gasteiger partial charge in [0.05, 0.1) is 31.0 Å². The van der Waals surface area contributed by atoms with Crippen molar-refractivity contribution in [1.82, 2.24) is 0 Å². The summed E-state index contributed by atoms with van der Waals surface area (Å²) in [5.41, 5.74) is 0. The standard InChI is InChI=1S/C14H24O5/c1-16-10(9-15)4-2-3-5-14-17-11-6-12(18-14)8-13(7-11)19-14/h10-13,15H,2-9H2,1H3. The molecule has 0 aromatic rings. The molecule has 5 heteroatoms. The van der Waals surface area contributed by atoms with E-state index in [1.165, 1.54) is 0 Å². The lowest BCUT2D eigenvalue weighted by molar-refractivity contribution is -0.495. The van der Waals surface area contributed by atoms with Crippen LogP contribution in [0.5, 0.6) is 0 Å². The smallest absolute Gasteiger partial charge is 0.283 e. The summed E-state index contributed by atoms with van der Waals surface area (Å²) in [5, 5.41) is 9.06. The molecule has 1 atom stereocenters. The van der Waals surface area contributed by atoms with E-state index >= 15 is 0 Å². The molecule has 4 fully saturated rings. The van der Waals surface area contributed by atoms with Gasteiger partial charge in [-0.25, -0.2) is 0 Å². The Morgan fingerprint density at radius 3 is 2.16 bits per heavy atom. The minimum absolute atomic E-state index is 0.0564. The molecule has 3 aliphatic heterocycles. The normalized spacial score (nSPS) is 41.7. The van der Waals surface area contributed by atoms with Crippen molar-refractivity contribution in [2.45, 2.75) is 75.3 Å². The highest BCUT2D eigenvalue weighted by Gasteiger charge is 2.54. The molecule has 0 radical (unpaired) electrons. The molecule has 3 saturated heterocycles. The van der Waals surface area contributed by atoms with Crippen LogP contribution in [0.3, 0.4) is 0 Å². The first-order valence-corrected chi connectivity index (χ1v) is 7.40. The number of rotatable bonds is 7. The molecule has 5 nitrogen and oxygen atoms in total. The van der Waals surface area contributed by atoms with Crippen molar-refractivity contribution in [3.8, 4) is 0 Å². The summed E-state index contributed by atoms with van der Waals surface area (Å²) >= 11 is 0. The summed E-state index contributed by atoms with van der Waals surface area (Å²) in [5.74, 6) is -0.767. The maximum absolute atomic E-state index is 9.06. The van der Waals surface area contributed by atoms with Gasteiger partial charge in [0.1, 0.15) is 0 Å². The quantitative estimate of drug-likeness (QED) is 0.713. The Hall–Kier alpha value is -0.200. The Morgan fingerprint density at radius 1 is 1.11 bits per heavy atom. The van der Waals surface area contributed by atoms with Crippen molar-refractivity contribution in [3.05, 3.63) is 0 Å². The molecule has 0 amide bonds. The SMILES string of the molecule is COC(CO)CCCCC12OC3CC(CC(C3)O1)O2. The third-order valence-electron chi connectivity index (χ3n) is 4.41. The number of aliphatic hydroxyl groups excluding tert-OH is 1. The highest BCUT2D eigenvalue weighted by atomic mass is 16.9. The fourth-order valence-corrected chi connectivity index (χ4v) is 3.48. The van der Waals surface area contributed by atoms with Gasteiger partial charge in [-0.3, -0.25) is 0 Å². The van der Waals surface area contributed by atoms with E-state index in [4.69, 9.17) is 24.1 Å². The van der Waals surface area contributed by atoms with Gasteiger partial charge in [-0.05, 0) is 12.8 Å².